The number of anilines is 2. The summed E-state index contributed by atoms with van der Waals surface area (Å²) in [6, 6.07) is 11.2. The molecule has 34 heavy (non-hydrogen) atoms. The molecule has 5 rings (SSSR count). The number of Topliss-reactive ketones (excluding diaryl/α,β-unsaturated/α-hetero) is 1. The number of sulfonamides is 1. The second-order valence-corrected chi connectivity index (χ2v) is 12.8. The lowest BCUT2D eigenvalue weighted by molar-refractivity contribution is -0.120. The maximum atomic E-state index is 13.8. The normalized spacial score (nSPS) is 26.3. The summed E-state index contributed by atoms with van der Waals surface area (Å²) in [7, 11) is -7.99. The van der Waals surface area contributed by atoms with Crippen molar-refractivity contribution in [2.24, 2.45) is 10.7 Å². The Labute approximate surface area is 197 Å². The Morgan fingerprint density at radius 2 is 1.94 bits per heavy atom. The molecule has 9 nitrogen and oxygen atoms in total. The van der Waals surface area contributed by atoms with E-state index in [4.69, 9.17) is 0 Å². The molecule has 0 radical (unpaired) electrons. The molecular weight excluding hydrogens is 477 g/mol. The average molecular weight is 502 g/mol. The van der Waals surface area contributed by atoms with Crippen LogP contribution < -0.4 is 15.3 Å². The van der Waals surface area contributed by atoms with E-state index in [0.29, 0.717) is 17.9 Å². The van der Waals surface area contributed by atoms with Crippen molar-refractivity contribution in [2.75, 3.05) is 16.3 Å². The van der Waals surface area contributed by atoms with Gasteiger partial charge in [-0.15, -0.1) is 0 Å². The zero-order valence-corrected chi connectivity index (χ0v) is 20.3. The van der Waals surface area contributed by atoms with Crippen LogP contribution in [0.3, 0.4) is 0 Å². The minimum absolute atomic E-state index is 0.102. The number of benzene rings is 2. The average Bonchev–Trinajstić information content (AvgIpc) is 3.55. The molecule has 2 aliphatic carbocycles. The lowest BCUT2D eigenvalue weighted by Gasteiger charge is -2.36. The summed E-state index contributed by atoms with van der Waals surface area (Å²) in [5.74, 6) is -0.420. The second kappa shape index (κ2) is 7.53. The predicted molar refractivity (Wildman–Crippen MR) is 131 cm³/mol. The molecule has 0 spiro atoms. The largest absolute Gasteiger partial charge is 0.506 e. The van der Waals surface area contributed by atoms with Gasteiger partial charge in [0, 0.05) is 11.3 Å². The monoisotopic (exact) mass is 501 g/mol. The Morgan fingerprint density at radius 1 is 1.24 bits per heavy atom. The lowest BCUT2D eigenvalue weighted by Crippen LogP contribution is -2.42. The van der Waals surface area contributed by atoms with Gasteiger partial charge in [0.1, 0.15) is 17.2 Å². The standard InChI is InChI=1S/C23H24N3O6PS/c1-23(12-13-7-8-13)16-6-4-3-5-15(16)20(27)19(21(23)28)22-24-17-10-9-14(26-34(2,31)32)11-18(17)33(29,30)25-22/h3-6,9-11,13,26-27H,7-8,12H2,1-2H3,(H2,24,25,29,30). The molecule has 178 valence electrons. The fourth-order valence-electron chi connectivity index (χ4n) is 4.74. The maximum absolute atomic E-state index is 13.8. The Balaban J connectivity index is 1.62. The number of aliphatic hydroxyl groups excluding tert-OH is 1. The summed E-state index contributed by atoms with van der Waals surface area (Å²) in [5.41, 5.74) is 0.500. The van der Waals surface area contributed by atoms with Gasteiger partial charge in [0.15, 0.2) is 5.78 Å². The first kappa shape index (κ1) is 22.8. The highest BCUT2D eigenvalue weighted by Crippen LogP contribution is 2.51. The quantitative estimate of drug-likeness (QED) is 0.460. The summed E-state index contributed by atoms with van der Waals surface area (Å²) < 4.78 is 42.5. The van der Waals surface area contributed by atoms with Crippen molar-refractivity contribution in [2.45, 2.75) is 31.6 Å². The van der Waals surface area contributed by atoms with Crippen LogP contribution in [-0.2, 0) is 24.8 Å². The van der Waals surface area contributed by atoms with Gasteiger partial charge in [0.2, 0.25) is 10.0 Å². The molecule has 1 heterocycles. The number of ketones is 1. The van der Waals surface area contributed by atoms with Crippen molar-refractivity contribution in [3.63, 3.8) is 0 Å². The lowest BCUT2D eigenvalue weighted by atomic mass is 9.67. The zero-order chi connectivity index (χ0) is 24.5. The number of carbonyl (C=O) groups is 1. The van der Waals surface area contributed by atoms with E-state index in [0.717, 1.165) is 24.7 Å². The van der Waals surface area contributed by atoms with Gasteiger partial charge in [-0.1, -0.05) is 37.1 Å². The summed E-state index contributed by atoms with van der Waals surface area (Å²) in [4.78, 5) is 24.6. The fourth-order valence-corrected chi connectivity index (χ4v) is 6.58. The Morgan fingerprint density at radius 3 is 2.62 bits per heavy atom. The van der Waals surface area contributed by atoms with Gasteiger partial charge in [-0.2, -0.15) is 4.76 Å². The molecule has 2 aromatic rings. The van der Waals surface area contributed by atoms with Crippen LogP contribution in [0.5, 0.6) is 0 Å². The Bertz CT molecular complexity index is 1460. The van der Waals surface area contributed by atoms with Gasteiger partial charge in [0.05, 0.1) is 22.7 Å². The van der Waals surface area contributed by atoms with E-state index < -0.39 is 23.0 Å². The van der Waals surface area contributed by atoms with Crippen LogP contribution in [0.15, 0.2) is 52.8 Å². The van der Waals surface area contributed by atoms with E-state index in [-0.39, 0.29) is 39.6 Å². The minimum Gasteiger partial charge on any atom is -0.506 e. The zero-order valence-electron chi connectivity index (χ0n) is 18.6. The van der Waals surface area contributed by atoms with Gasteiger partial charge in [-0.05, 0) is 43.0 Å². The second-order valence-electron chi connectivity index (χ2n) is 9.30. The first-order valence-corrected chi connectivity index (χ1v) is 14.3. The van der Waals surface area contributed by atoms with Crippen LogP contribution >= 0.6 is 7.52 Å². The van der Waals surface area contributed by atoms with Crippen molar-refractivity contribution in [1.29, 1.82) is 0 Å². The molecule has 11 heteroatoms. The van der Waals surface area contributed by atoms with E-state index in [1.807, 2.05) is 19.1 Å². The van der Waals surface area contributed by atoms with Gasteiger partial charge >= 0.3 is 7.52 Å². The molecule has 1 aliphatic heterocycles. The fraction of sp³-hybridized carbons (Fsp3) is 0.304. The Hall–Kier alpha value is -2.94. The summed E-state index contributed by atoms with van der Waals surface area (Å²) in [6.07, 6.45) is 3.66. The number of hydrogen-bond donors (Lipinski definition) is 4. The molecule has 2 atom stereocenters. The molecule has 2 unspecified atom stereocenters. The van der Waals surface area contributed by atoms with Crippen LogP contribution in [-0.4, -0.2) is 36.3 Å². The highest BCUT2D eigenvalue weighted by Gasteiger charge is 2.49. The molecule has 1 saturated carbocycles. The first-order valence-electron chi connectivity index (χ1n) is 10.8. The number of nitrogens with zero attached hydrogens (tertiary/aromatic N) is 1. The van der Waals surface area contributed by atoms with E-state index in [1.54, 1.807) is 12.1 Å². The van der Waals surface area contributed by atoms with Crippen molar-refractivity contribution >= 4 is 51.6 Å². The molecule has 4 N–H and O–H groups in total. The van der Waals surface area contributed by atoms with Gasteiger partial charge in [0.25, 0.3) is 0 Å². The summed E-state index contributed by atoms with van der Waals surface area (Å²) in [5, 5.41) is 13.9. The first-order chi connectivity index (χ1) is 15.9. The smallest absolute Gasteiger partial charge is 0.346 e. The van der Waals surface area contributed by atoms with E-state index in [9.17, 15) is 27.8 Å². The number of rotatable bonds is 5. The van der Waals surface area contributed by atoms with Crippen molar-refractivity contribution in [3.8, 4) is 0 Å². The topological polar surface area (TPSA) is 145 Å². The SMILES string of the molecule is CC1(CC2CC2)C(=O)C(C2=NP(=O)(O)c3cc(NS(C)(=O)=O)ccc3N2)=C(O)c2ccccc21. The number of amidine groups is 1. The van der Waals surface area contributed by atoms with Crippen LogP contribution in [0.25, 0.3) is 5.76 Å². The number of hydrogen-bond acceptors (Lipinski definition) is 6. The van der Waals surface area contributed by atoms with Crippen LogP contribution in [0, 0.1) is 5.92 Å². The minimum atomic E-state index is -4.39. The van der Waals surface area contributed by atoms with E-state index >= 15 is 0 Å². The highest BCUT2D eigenvalue weighted by atomic mass is 32.2. The molecule has 0 bridgehead atoms. The van der Waals surface area contributed by atoms with Crippen LogP contribution in [0.2, 0.25) is 0 Å². The van der Waals surface area contributed by atoms with E-state index in [1.165, 1.54) is 18.2 Å². The summed E-state index contributed by atoms with van der Waals surface area (Å²) in [6.45, 7) is 1.85. The number of fused-ring (bicyclic) bond motifs is 2. The van der Waals surface area contributed by atoms with Gasteiger partial charge in [-0.25, -0.2) is 8.42 Å². The van der Waals surface area contributed by atoms with Gasteiger partial charge in [-0.3, -0.25) is 14.1 Å². The van der Waals surface area contributed by atoms with E-state index in [2.05, 4.69) is 14.8 Å². The summed E-state index contributed by atoms with van der Waals surface area (Å²) >= 11 is 0. The third-order valence-corrected chi connectivity index (χ3v) is 8.55. The molecule has 3 aliphatic rings. The van der Waals surface area contributed by atoms with Crippen LogP contribution in [0.4, 0.5) is 11.4 Å². The third-order valence-electron chi connectivity index (χ3n) is 6.48. The molecule has 0 aromatic heterocycles. The van der Waals surface area contributed by atoms with Crippen molar-refractivity contribution in [1.82, 2.24) is 0 Å². The number of aliphatic hydroxyl groups is 1. The molecular formula is C23H24N3O6PS. The molecule has 0 amide bonds. The predicted octanol–water partition coefficient (Wildman–Crippen LogP) is 3.30. The number of carbonyl (C=O) groups excluding carboxylic acids is 1. The Kier molecular flexibility index (Phi) is 5.06. The molecule has 0 saturated heterocycles. The van der Waals surface area contributed by atoms with Crippen molar-refractivity contribution in [3.05, 3.63) is 59.2 Å². The van der Waals surface area contributed by atoms with Crippen molar-refractivity contribution < 1.29 is 27.8 Å². The van der Waals surface area contributed by atoms with Gasteiger partial charge < -0.3 is 15.3 Å². The van der Waals surface area contributed by atoms with Crippen LogP contribution in [0.1, 0.15) is 37.3 Å². The third kappa shape index (κ3) is 3.85. The maximum Gasteiger partial charge on any atom is 0.346 e. The molecule has 2 aromatic carbocycles. The molecule has 1 fully saturated rings. The number of nitrogens with one attached hydrogen (secondary N) is 2. The highest BCUT2D eigenvalue weighted by molar-refractivity contribution is 7.92.